The van der Waals surface area contributed by atoms with Crippen molar-refractivity contribution >= 4 is 11.7 Å². The number of ether oxygens (including phenoxy) is 1. The zero-order chi connectivity index (χ0) is 18.3. The number of hydrogen-bond acceptors (Lipinski definition) is 4. The molecule has 1 N–H and O–H groups in total. The van der Waals surface area contributed by atoms with Gasteiger partial charge in [0.05, 0.1) is 11.6 Å². The van der Waals surface area contributed by atoms with E-state index >= 15 is 0 Å². The van der Waals surface area contributed by atoms with Gasteiger partial charge in [0.1, 0.15) is 5.75 Å². The van der Waals surface area contributed by atoms with Crippen LogP contribution in [-0.4, -0.2) is 24.3 Å². The lowest BCUT2D eigenvalue weighted by Crippen LogP contribution is -2.40. The first-order valence-corrected chi connectivity index (χ1v) is 7.26. The molecule has 1 amide bonds. The van der Waals surface area contributed by atoms with Gasteiger partial charge in [-0.3, -0.25) is 9.59 Å². The van der Waals surface area contributed by atoms with Crippen LogP contribution in [0.1, 0.15) is 25.8 Å². The first kappa shape index (κ1) is 19.5. The van der Waals surface area contributed by atoms with Crippen molar-refractivity contribution in [3.63, 3.8) is 0 Å². The number of halogens is 3. The standard InChI is InChI=1S/C16H17F3N2O3/c1-3-8-21-15(23)11(9-20)14(22)10(2)24-13-7-5-4-6-12(13)16(17,18)19/h4-7,10-11H,3,8H2,1-2H3,(H,21,23)/t10-,11-/m1/s1. The van der Waals surface area contributed by atoms with E-state index in [4.69, 9.17) is 10.00 Å². The van der Waals surface area contributed by atoms with Crippen LogP contribution in [0.2, 0.25) is 0 Å². The van der Waals surface area contributed by atoms with Gasteiger partial charge in [0, 0.05) is 6.54 Å². The highest BCUT2D eigenvalue weighted by Crippen LogP contribution is 2.36. The average molecular weight is 342 g/mol. The number of para-hydroxylation sites is 1. The van der Waals surface area contributed by atoms with Crippen molar-refractivity contribution in [3.8, 4) is 11.8 Å². The lowest BCUT2D eigenvalue weighted by Gasteiger charge is -2.19. The van der Waals surface area contributed by atoms with Crippen molar-refractivity contribution in [3.05, 3.63) is 29.8 Å². The molecule has 0 saturated carbocycles. The van der Waals surface area contributed by atoms with Crippen molar-refractivity contribution in [1.82, 2.24) is 5.32 Å². The largest absolute Gasteiger partial charge is 0.482 e. The Kier molecular flexibility index (Phi) is 6.77. The van der Waals surface area contributed by atoms with E-state index in [1.54, 1.807) is 13.0 Å². The predicted molar refractivity (Wildman–Crippen MR) is 78.9 cm³/mol. The number of nitrogens with one attached hydrogen (secondary N) is 1. The van der Waals surface area contributed by atoms with Gasteiger partial charge >= 0.3 is 6.18 Å². The highest BCUT2D eigenvalue weighted by Gasteiger charge is 2.36. The molecule has 0 aliphatic heterocycles. The van der Waals surface area contributed by atoms with E-state index in [1.807, 2.05) is 0 Å². The minimum absolute atomic E-state index is 0.288. The first-order valence-electron chi connectivity index (χ1n) is 7.26. The number of rotatable bonds is 7. The van der Waals surface area contributed by atoms with E-state index in [-0.39, 0.29) is 6.54 Å². The summed E-state index contributed by atoms with van der Waals surface area (Å²) in [6.45, 7) is 3.28. The van der Waals surface area contributed by atoms with Crippen LogP contribution in [0.25, 0.3) is 0 Å². The van der Waals surface area contributed by atoms with Gasteiger partial charge in [0.2, 0.25) is 5.91 Å². The van der Waals surface area contributed by atoms with E-state index < -0.39 is 41.2 Å². The fraction of sp³-hybridized carbons (Fsp3) is 0.438. The summed E-state index contributed by atoms with van der Waals surface area (Å²) in [6, 6.07) is 5.98. The summed E-state index contributed by atoms with van der Waals surface area (Å²) in [6.07, 6.45) is -5.42. The molecular weight excluding hydrogens is 325 g/mol. The summed E-state index contributed by atoms with van der Waals surface area (Å²) in [4.78, 5) is 23.9. The van der Waals surface area contributed by atoms with E-state index in [2.05, 4.69) is 5.32 Å². The second kappa shape index (κ2) is 8.34. The van der Waals surface area contributed by atoms with Crippen molar-refractivity contribution in [2.24, 2.45) is 5.92 Å². The van der Waals surface area contributed by atoms with E-state index in [0.29, 0.717) is 6.42 Å². The lowest BCUT2D eigenvalue weighted by atomic mass is 10.0. The third-order valence-corrected chi connectivity index (χ3v) is 3.12. The first-order chi connectivity index (χ1) is 11.2. The quantitative estimate of drug-likeness (QED) is 0.773. The van der Waals surface area contributed by atoms with Gasteiger partial charge in [-0.25, -0.2) is 0 Å². The molecule has 1 aromatic rings. The van der Waals surface area contributed by atoms with Crippen LogP contribution >= 0.6 is 0 Å². The van der Waals surface area contributed by atoms with Crippen molar-refractivity contribution in [1.29, 1.82) is 5.26 Å². The number of Topliss-reactive ketones (excluding diaryl/α,β-unsaturated/α-hetero) is 1. The third kappa shape index (κ3) is 4.98. The molecule has 0 unspecified atom stereocenters. The minimum atomic E-state index is -4.65. The van der Waals surface area contributed by atoms with Gasteiger partial charge in [0.15, 0.2) is 17.8 Å². The van der Waals surface area contributed by atoms with Crippen LogP contribution in [0.15, 0.2) is 24.3 Å². The SMILES string of the molecule is CCCNC(=O)[C@H](C#N)C(=O)[C@@H](C)Oc1ccccc1C(F)(F)F. The third-order valence-electron chi connectivity index (χ3n) is 3.12. The van der Waals surface area contributed by atoms with Crippen LogP contribution in [0.3, 0.4) is 0 Å². The van der Waals surface area contributed by atoms with Crippen LogP contribution < -0.4 is 10.1 Å². The second-order valence-electron chi connectivity index (χ2n) is 5.01. The summed E-state index contributed by atoms with van der Waals surface area (Å²) in [7, 11) is 0. The molecule has 0 spiro atoms. The summed E-state index contributed by atoms with van der Waals surface area (Å²) >= 11 is 0. The Morgan fingerprint density at radius 2 is 1.96 bits per heavy atom. The second-order valence-corrected chi connectivity index (χ2v) is 5.01. The minimum Gasteiger partial charge on any atom is -0.482 e. The molecule has 8 heteroatoms. The maximum Gasteiger partial charge on any atom is 0.419 e. The highest BCUT2D eigenvalue weighted by molar-refractivity contribution is 6.05. The van der Waals surface area contributed by atoms with Crippen LogP contribution in [-0.2, 0) is 15.8 Å². The maximum absolute atomic E-state index is 12.9. The summed E-state index contributed by atoms with van der Waals surface area (Å²) in [5.41, 5.74) is -1.03. The maximum atomic E-state index is 12.9. The van der Waals surface area contributed by atoms with E-state index in [1.165, 1.54) is 19.1 Å². The summed E-state index contributed by atoms with van der Waals surface area (Å²) < 4.78 is 43.8. The molecule has 0 radical (unpaired) electrons. The summed E-state index contributed by atoms with van der Waals surface area (Å²) in [5.74, 6) is -3.85. The van der Waals surface area contributed by atoms with E-state index in [0.717, 1.165) is 12.1 Å². The Labute approximate surface area is 137 Å². The molecular formula is C16H17F3N2O3. The van der Waals surface area contributed by atoms with Gasteiger partial charge in [-0.05, 0) is 25.5 Å². The molecule has 0 saturated heterocycles. The molecule has 1 aromatic carbocycles. The molecule has 0 aliphatic rings. The molecule has 2 atom stereocenters. The number of alkyl halides is 3. The lowest BCUT2D eigenvalue weighted by molar-refractivity contribution is -0.142. The smallest absolute Gasteiger partial charge is 0.419 e. The average Bonchev–Trinajstić information content (AvgIpc) is 2.52. The zero-order valence-corrected chi connectivity index (χ0v) is 13.2. The Balaban J connectivity index is 2.91. The van der Waals surface area contributed by atoms with Crippen LogP contribution in [0.5, 0.6) is 5.75 Å². The number of nitrogens with zero attached hydrogens (tertiary/aromatic N) is 1. The van der Waals surface area contributed by atoms with Crippen molar-refractivity contribution in [2.75, 3.05) is 6.54 Å². The fourth-order valence-corrected chi connectivity index (χ4v) is 1.89. The molecule has 0 aromatic heterocycles. The molecule has 130 valence electrons. The number of hydrogen-bond donors (Lipinski definition) is 1. The zero-order valence-electron chi connectivity index (χ0n) is 13.2. The van der Waals surface area contributed by atoms with Crippen LogP contribution in [0.4, 0.5) is 13.2 Å². The number of carbonyl (C=O) groups excluding carboxylic acids is 2. The fourth-order valence-electron chi connectivity index (χ4n) is 1.89. The monoisotopic (exact) mass is 342 g/mol. The Morgan fingerprint density at radius 1 is 1.33 bits per heavy atom. The topological polar surface area (TPSA) is 79.2 Å². The molecule has 0 heterocycles. The molecule has 0 fully saturated rings. The van der Waals surface area contributed by atoms with Crippen molar-refractivity contribution in [2.45, 2.75) is 32.5 Å². The number of nitriles is 1. The van der Waals surface area contributed by atoms with Crippen LogP contribution in [0, 0.1) is 17.2 Å². The van der Waals surface area contributed by atoms with Gasteiger partial charge < -0.3 is 10.1 Å². The van der Waals surface area contributed by atoms with Crippen molar-refractivity contribution < 1.29 is 27.5 Å². The predicted octanol–water partition coefficient (Wildman–Crippen LogP) is 2.71. The number of benzene rings is 1. The Bertz CT molecular complexity index is 638. The summed E-state index contributed by atoms with van der Waals surface area (Å²) in [5, 5.41) is 11.4. The molecule has 24 heavy (non-hydrogen) atoms. The Morgan fingerprint density at radius 3 is 2.50 bits per heavy atom. The molecule has 1 rings (SSSR count). The molecule has 0 aliphatic carbocycles. The van der Waals surface area contributed by atoms with Gasteiger partial charge in [-0.1, -0.05) is 19.1 Å². The van der Waals surface area contributed by atoms with E-state index in [9.17, 15) is 22.8 Å². The number of carbonyl (C=O) groups is 2. The van der Waals surface area contributed by atoms with Gasteiger partial charge in [-0.2, -0.15) is 18.4 Å². The normalized spacial score (nSPS) is 13.5. The van der Waals surface area contributed by atoms with Gasteiger partial charge in [-0.15, -0.1) is 0 Å². The van der Waals surface area contributed by atoms with Gasteiger partial charge in [0.25, 0.3) is 0 Å². The molecule has 0 bridgehead atoms. The number of ketones is 1. The molecule has 5 nitrogen and oxygen atoms in total. The Hall–Kier alpha value is -2.56. The number of amides is 1. The highest BCUT2D eigenvalue weighted by atomic mass is 19.4.